The molecule has 1 aliphatic carbocycles. The van der Waals surface area contributed by atoms with Crippen LogP contribution in [0.2, 0.25) is 5.15 Å². The van der Waals surface area contributed by atoms with Gasteiger partial charge in [0.05, 0.1) is 12.2 Å². The standard InChI is InChI=1S/C20H22ClN5O3/c1-12-3-5-14(6-4-12)11-26-18(21)16(13(2)25-26)9-10-17(27)23-24-20(29)19(28)22-15-7-8-15/h3-6,9-10,15H,7-8,11H2,1-2H3,(H,22,28)(H,23,27)(H,24,29)/b10-9+. The number of aromatic nitrogens is 2. The average Bonchev–Trinajstić information content (AvgIpc) is 3.46. The molecule has 3 rings (SSSR count). The second kappa shape index (κ2) is 8.91. The molecule has 0 radical (unpaired) electrons. The topological polar surface area (TPSA) is 105 Å². The first-order valence-electron chi connectivity index (χ1n) is 9.21. The summed E-state index contributed by atoms with van der Waals surface area (Å²) in [6, 6.07) is 8.11. The second-order valence-electron chi connectivity index (χ2n) is 6.96. The lowest BCUT2D eigenvalue weighted by atomic mass is 10.1. The zero-order valence-corrected chi connectivity index (χ0v) is 16.9. The minimum Gasteiger partial charge on any atom is -0.345 e. The van der Waals surface area contributed by atoms with Crippen LogP contribution in [-0.2, 0) is 20.9 Å². The van der Waals surface area contributed by atoms with Crippen molar-refractivity contribution in [3.8, 4) is 0 Å². The predicted molar refractivity (Wildman–Crippen MR) is 109 cm³/mol. The molecule has 29 heavy (non-hydrogen) atoms. The zero-order valence-electron chi connectivity index (χ0n) is 16.2. The maximum atomic E-state index is 11.9. The van der Waals surface area contributed by atoms with Crippen molar-refractivity contribution in [3.05, 3.63) is 57.9 Å². The Morgan fingerprint density at radius 3 is 2.48 bits per heavy atom. The minimum absolute atomic E-state index is 0.0606. The van der Waals surface area contributed by atoms with E-state index in [4.69, 9.17) is 11.6 Å². The zero-order chi connectivity index (χ0) is 21.0. The largest absolute Gasteiger partial charge is 0.345 e. The van der Waals surface area contributed by atoms with Crippen molar-refractivity contribution in [2.75, 3.05) is 0 Å². The van der Waals surface area contributed by atoms with E-state index in [0.717, 1.165) is 18.4 Å². The molecule has 152 valence electrons. The van der Waals surface area contributed by atoms with E-state index in [9.17, 15) is 14.4 Å². The average molecular weight is 416 g/mol. The highest BCUT2D eigenvalue weighted by Crippen LogP contribution is 2.22. The number of nitrogens with zero attached hydrogens (tertiary/aromatic N) is 2. The van der Waals surface area contributed by atoms with Gasteiger partial charge in [0, 0.05) is 17.7 Å². The number of carbonyl (C=O) groups is 3. The molecule has 9 heteroatoms. The van der Waals surface area contributed by atoms with E-state index in [2.05, 4.69) is 21.3 Å². The van der Waals surface area contributed by atoms with Gasteiger partial charge in [-0.1, -0.05) is 41.4 Å². The lowest BCUT2D eigenvalue weighted by Crippen LogP contribution is -2.48. The van der Waals surface area contributed by atoms with Crippen LogP contribution < -0.4 is 16.2 Å². The van der Waals surface area contributed by atoms with Gasteiger partial charge in [-0.15, -0.1) is 0 Å². The van der Waals surface area contributed by atoms with Gasteiger partial charge in [0.25, 0.3) is 5.91 Å². The van der Waals surface area contributed by atoms with Crippen molar-refractivity contribution in [1.82, 2.24) is 25.9 Å². The van der Waals surface area contributed by atoms with Crippen LogP contribution in [0.1, 0.15) is 35.2 Å². The van der Waals surface area contributed by atoms with E-state index < -0.39 is 17.7 Å². The number of benzene rings is 1. The summed E-state index contributed by atoms with van der Waals surface area (Å²) in [6.45, 7) is 4.32. The number of hydrogen-bond donors (Lipinski definition) is 3. The Morgan fingerprint density at radius 1 is 1.14 bits per heavy atom. The number of amides is 3. The summed E-state index contributed by atoms with van der Waals surface area (Å²) in [7, 11) is 0. The van der Waals surface area contributed by atoms with Crippen LogP contribution in [0.15, 0.2) is 30.3 Å². The van der Waals surface area contributed by atoms with Gasteiger partial charge in [0.15, 0.2) is 0 Å². The highest BCUT2D eigenvalue weighted by molar-refractivity contribution is 6.35. The van der Waals surface area contributed by atoms with Gasteiger partial charge in [-0.2, -0.15) is 5.10 Å². The van der Waals surface area contributed by atoms with Gasteiger partial charge in [-0.25, -0.2) is 4.68 Å². The molecule has 0 atom stereocenters. The summed E-state index contributed by atoms with van der Waals surface area (Å²) in [5.74, 6) is -2.29. The highest BCUT2D eigenvalue weighted by atomic mass is 35.5. The smallest absolute Gasteiger partial charge is 0.327 e. The Hall–Kier alpha value is -3.13. The van der Waals surface area contributed by atoms with Crippen LogP contribution in [0.4, 0.5) is 0 Å². The van der Waals surface area contributed by atoms with Crippen molar-refractivity contribution in [1.29, 1.82) is 0 Å². The summed E-state index contributed by atoms with van der Waals surface area (Å²) in [5.41, 5.74) is 7.72. The first-order chi connectivity index (χ1) is 13.8. The highest BCUT2D eigenvalue weighted by Gasteiger charge is 2.26. The fraction of sp³-hybridized carbons (Fsp3) is 0.300. The number of hydrogen-bond acceptors (Lipinski definition) is 4. The molecule has 1 aliphatic rings. The Kier molecular flexibility index (Phi) is 6.33. The van der Waals surface area contributed by atoms with Crippen LogP contribution in [0.3, 0.4) is 0 Å². The number of rotatable bonds is 5. The lowest BCUT2D eigenvalue weighted by molar-refractivity contribution is -0.140. The van der Waals surface area contributed by atoms with Crippen LogP contribution in [0, 0.1) is 13.8 Å². The number of halogens is 1. The van der Waals surface area contributed by atoms with Crippen molar-refractivity contribution in [3.63, 3.8) is 0 Å². The molecule has 3 amide bonds. The molecule has 1 aromatic carbocycles. The van der Waals surface area contributed by atoms with Gasteiger partial charge in [-0.3, -0.25) is 25.2 Å². The molecule has 0 aliphatic heterocycles. The number of aryl methyl sites for hydroxylation is 2. The van der Waals surface area contributed by atoms with E-state index >= 15 is 0 Å². The van der Waals surface area contributed by atoms with E-state index in [-0.39, 0.29) is 6.04 Å². The van der Waals surface area contributed by atoms with Crippen LogP contribution in [-0.4, -0.2) is 33.5 Å². The number of hydrazine groups is 1. The monoisotopic (exact) mass is 415 g/mol. The van der Waals surface area contributed by atoms with E-state index in [1.54, 1.807) is 11.6 Å². The Morgan fingerprint density at radius 2 is 1.83 bits per heavy atom. The molecule has 0 saturated heterocycles. The summed E-state index contributed by atoms with van der Waals surface area (Å²) in [5, 5.41) is 7.35. The maximum Gasteiger partial charge on any atom is 0.327 e. The quantitative estimate of drug-likeness (QED) is 0.392. The van der Waals surface area contributed by atoms with Crippen molar-refractivity contribution < 1.29 is 14.4 Å². The minimum atomic E-state index is -0.918. The fourth-order valence-electron chi connectivity index (χ4n) is 2.58. The number of nitrogens with one attached hydrogen (secondary N) is 3. The molecular weight excluding hydrogens is 394 g/mol. The number of carbonyl (C=O) groups excluding carboxylic acids is 3. The fourth-order valence-corrected chi connectivity index (χ4v) is 2.88. The first kappa shape index (κ1) is 20.6. The van der Waals surface area contributed by atoms with E-state index in [1.807, 2.05) is 31.2 Å². The summed E-state index contributed by atoms with van der Waals surface area (Å²) >= 11 is 6.41. The molecule has 1 fully saturated rings. The van der Waals surface area contributed by atoms with Crippen LogP contribution in [0.25, 0.3) is 6.08 Å². The molecule has 1 heterocycles. The molecular formula is C20H22ClN5O3. The Labute approximate surface area is 173 Å². The predicted octanol–water partition coefficient (Wildman–Crippen LogP) is 1.64. The first-order valence-corrected chi connectivity index (χ1v) is 9.58. The molecule has 1 aromatic heterocycles. The molecule has 0 bridgehead atoms. The van der Waals surface area contributed by atoms with Crippen molar-refractivity contribution in [2.45, 2.75) is 39.3 Å². The van der Waals surface area contributed by atoms with Gasteiger partial charge in [-0.05, 0) is 38.3 Å². The summed E-state index contributed by atoms with van der Waals surface area (Å²) in [4.78, 5) is 35.0. The molecule has 3 N–H and O–H groups in total. The maximum absolute atomic E-state index is 11.9. The van der Waals surface area contributed by atoms with Gasteiger partial charge in [0.2, 0.25) is 0 Å². The molecule has 8 nitrogen and oxygen atoms in total. The third-order valence-corrected chi connectivity index (χ3v) is 4.78. The SMILES string of the molecule is Cc1ccc(Cn2nc(C)c(/C=C/C(=O)NNC(=O)C(=O)NC3CC3)c2Cl)cc1. The Bertz CT molecular complexity index is 961. The molecule has 0 spiro atoms. The summed E-state index contributed by atoms with van der Waals surface area (Å²) in [6.07, 6.45) is 4.46. The molecule has 1 saturated carbocycles. The van der Waals surface area contributed by atoms with Crippen molar-refractivity contribution >= 4 is 35.4 Å². The van der Waals surface area contributed by atoms with Gasteiger partial charge >= 0.3 is 11.8 Å². The van der Waals surface area contributed by atoms with Gasteiger partial charge < -0.3 is 5.32 Å². The van der Waals surface area contributed by atoms with Crippen LogP contribution in [0.5, 0.6) is 0 Å². The lowest BCUT2D eigenvalue weighted by Gasteiger charge is -2.05. The second-order valence-corrected chi connectivity index (χ2v) is 7.32. The van der Waals surface area contributed by atoms with E-state index in [1.165, 1.54) is 17.7 Å². The normalized spacial score (nSPS) is 13.3. The third kappa shape index (κ3) is 5.68. The van der Waals surface area contributed by atoms with Gasteiger partial charge in [0.1, 0.15) is 5.15 Å². The molecule has 2 aromatic rings. The molecule has 0 unspecified atom stereocenters. The Balaban J connectivity index is 1.57. The third-order valence-electron chi connectivity index (χ3n) is 4.38. The van der Waals surface area contributed by atoms with Crippen LogP contribution >= 0.6 is 11.6 Å². The van der Waals surface area contributed by atoms with E-state index in [0.29, 0.717) is 23.0 Å². The van der Waals surface area contributed by atoms with Crippen molar-refractivity contribution in [2.24, 2.45) is 0 Å². The summed E-state index contributed by atoms with van der Waals surface area (Å²) < 4.78 is 1.66.